The predicted octanol–water partition coefficient (Wildman–Crippen LogP) is 5.36. The van der Waals surface area contributed by atoms with Crippen LogP contribution in [0.15, 0.2) is 65.9 Å². The first kappa shape index (κ1) is 29.8. The zero-order valence-electron chi connectivity index (χ0n) is 24.7. The van der Waals surface area contributed by atoms with E-state index in [0.717, 1.165) is 31.2 Å². The van der Waals surface area contributed by atoms with Crippen molar-refractivity contribution in [1.82, 2.24) is 10.2 Å². The fraction of sp³-hybridized carbons (Fsp3) is 0.515. The molecule has 2 aliphatic carbocycles. The Balaban J connectivity index is 1.56. The van der Waals surface area contributed by atoms with Crippen LogP contribution in [0, 0.1) is 27.4 Å². The molecule has 5 rings (SSSR count). The third-order valence-electron chi connectivity index (χ3n) is 8.92. The molecule has 42 heavy (non-hydrogen) atoms. The summed E-state index contributed by atoms with van der Waals surface area (Å²) in [5, 5.41) is 15.2. The maximum Gasteiger partial charge on any atom is 0.336 e. The molecule has 0 spiro atoms. The molecule has 2 aromatic rings. The highest BCUT2D eigenvalue weighted by atomic mass is 16.6. The van der Waals surface area contributed by atoms with Gasteiger partial charge < -0.3 is 19.7 Å². The number of esters is 2. The molecule has 9 nitrogen and oxygen atoms in total. The number of carbonyl (C=O) groups is 2. The minimum atomic E-state index is -1.22. The quantitative estimate of drug-likeness (QED) is 0.193. The smallest absolute Gasteiger partial charge is 0.336 e. The van der Waals surface area contributed by atoms with Crippen molar-refractivity contribution >= 4 is 17.6 Å². The highest BCUT2D eigenvalue weighted by Gasteiger charge is 2.57. The number of nitrogens with zero attached hydrogens (tertiary/aromatic N) is 2. The summed E-state index contributed by atoms with van der Waals surface area (Å²) in [6.07, 6.45) is 4.48. The topological polar surface area (TPSA) is 111 Å². The molecule has 0 radical (unpaired) electrons. The van der Waals surface area contributed by atoms with Crippen LogP contribution in [0.4, 0.5) is 5.69 Å². The molecule has 9 heteroatoms. The van der Waals surface area contributed by atoms with Gasteiger partial charge in [0.15, 0.2) is 0 Å². The van der Waals surface area contributed by atoms with Gasteiger partial charge in [-0.25, -0.2) is 4.79 Å². The molecule has 1 heterocycles. The lowest BCUT2D eigenvalue weighted by molar-refractivity contribution is -0.384. The van der Waals surface area contributed by atoms with Gasteiger partial charge in [0.1, 0.15) is 5.41 Å². The van der Waals surface area contributed by atoms with Gasteiger partial charge in [-0.05, 0) is 82.5 Å². The van der Waals surface area contributed by atoms with E-state index < -0.39 is 28.3 Å². The maximum atomic E-state index is 14.4. The third-order valence-corrected chi connectivity index (χ3v) is 8.92. The molecule has 0 amide bonds. The van der Waals surface area contributed by atoms with E-state index in [2.05, 4.69) is 22.3 Å². The fourth-order valence-corrected chi connectivity index (χ4v) is 6.08. The molecule has 0 saturated heterocycles. The van der Waals surface area contributed by atoms with Crippen LogP contribution >= 0.6 is 0 Å². The van der Waals surface area contributed by atoms with Crippen molar-refractivity contribution < 1.29 is 24.0 Å². The summed E-state index contributed by atoms with van der Waals surface area (Å²) in [6, 6.07) is 16.0. The minimum absolute atomic E-state index is 0.0940. The van der Waals surface area contributed by atoms with Crippen LogP contribution in [0.5, 0.6) is 0 Å². The summed E-state index contributed by atoms with van der Waals surface area (Å²) >= 11 is 0. The van der Waals surface area contributed by atoms with Gasteiger partial charge in [0.25, 0.3) is 5.69 Å². The second kappa shape index (κ2) is 12.7. The van der Waals surface area contributed by atoms with E-state index in [9.17, 15) is 19.7 Å². The first-order chi connectivity index (χ1) is 20.2. The van der Waals surface area contributed by atoms with Crippen molar-refractivity contribution in [3.8, 4) is 0 Å². The molecule has 1 N–H and O–H groups in total. The normalized spacial score (nSPS) is 23.8. The molecule has 1 aliphatic heterocycles. The number of hydrogen-bond acceptors (Lipinski definition) is 8. The Morgan fingerprint density at radius 3 is 2.33 bits per heavy atom. The Labute approximate surface area is 247 Å². The van der Waals surface area contributed by atoms with Gasteiger partial charge in [-0.2, -0.15) is 0 Å². The lowest BCUT2D eigenvalue weighted by atomic mass is 9.60. The van der Waals surface area contributed by atoms with Crippen molar-refractivity contribution in [3.05, 3.63) is 87.1 Å². The van der Waals surface area contributed by atoms with E-state index in [1.807, 2.05) is 39.1 Å². The van der Waals surface area contributed by atoms with Gasteiger partial charge in [0.2, 0.25) is 0 Å². The lowest BCUT2D eigenvalue weighted by Crippen LogP contribution is -2.58. The van der Waals surface area contributed by atoms with E-state index in [-0.39, 0.29) is 11.7 Å². The van der Waals surface area contributed by atoms with Crippen LogP contribution in [0.2, 0.25) is 0 Å². The summed E-state index contributed by atoms with van der Waals surface area (Å²) in [4.78, 5) is 41.7. The van der Waals surface area contributed by atoms with Crippen LogP contribution in [0.1, 0.15) is 63.0 Å². The van der Waals surface area contributed by atoms with Crippen molar-refractivity contribution in [3.63, 3.8) is 0 Å². The second-order valence-corrected chi connectivity index (χ2v) is 12.3. The molecule has 2 fully saturated rings. The van der Waals surface area contributed by atoms with Gasteiger partial charge >= 0.3 is 11.9 Å². The molecule has 0 bridgehead atoms. The first-order valence-electron chi connectivity index (χ1n) is 15.0. The number of nitro benzene ring substituents is 1. The van der Waals surface area contributed by atoms with Crippen LogP contribution in [0.25, 0.3) is 0 Å². The predicted molar refractivity (Wildman–Crippen MR) is 158 cm³/mol. The number of carbonyl (C=O) groups excluding carboxylic acids is 2. The summed E-state index contributed by atoms with van der Waals surface area (Å²) < 4.78 is 11.8. The zero-order chi connectivity index (χ0) is 29.9. The Kier molecular flexibility index (Phi) is 8.96. The van der Waals surface area contributed by atoms with Crippen LogP contribution in [-0.2, 0) is 25.6 Å². The third kappa shape index (κ3) is 6.67. The van der Waals surface area contributed by atoms with E-state index in [4.69, 9.17) is 9.47 Å². The molecule has 224 valence electrons. The number of hydrogen-bond donors (Lipinski definition) is 1. The van der Waals surface area contributed by atoms with Gasteiger partial charge in [0.05, 0.1) is 23.7 Å². The number of nitro groups is 1. The van der Waals surface area contributed by atoms with Crippen molar-refractivity contribution in [1.29, 1.82) is 0 Å². The molecule has 2 saturated carbocycles. The molecular weight excluding hydrogens is 534 g/mol. The average molecular weight is 576 g/mol. The van der Waals surface area contributed by atoms with Crippen LogP contribution < -0.4 is 5.32 Å². The molecule has 2 aromatic carbocycles. The van der Waals surface area contributed by atoms with Crippen molar-refractivity contribution in [2.45, 2.75) is 64.5 Å². The minimum Gasteiger partial charge on any atom is -0.465 e. The number of nitrogens with one attached hydrogen (secondary N) is 1. The molecule has 0 aromatic heterocycles. The van der Waals surface area contributed by atoms with Crippen LogP contribution in [0.3, 0.4) is 0 Å². The zero-order valence-corrected chi connectivity index (χ0v) is 24.7. The molecular formula is C33H41N3O6. The number of non-ortho nitro benzene ring substituents is 1. The SMILES string of the molecule is CC1=C(C(=O)OCC2CC2)C(c2cccc([N+](=O)[O-])c2)C(CCN(C)Cc2ccccc2)(C(=O)OCC2CC2)C(C)N1. The Hall–Kier alpha value is -3.72. The second-order valence-electron chi connectivity index (χ2n) is 12.3. The van der Waals surface area contributed by atoms with Gasteiger partial charge in [-0.3, -0.25) is 14.9 Å². The first-order valence-corrected chi connectivity index (χ1v) is 15.0. The van der Waals surface area contributed by atoms with Gasteiger partial charge in [0, 0.05) is 36.3 Å². The fourth-order valence-electron chi connectivity index (χ4n) is 6.08. The molecule has 3 aliphatic rings. The van der Waals surface area contributed by atoms with Crippen molar-refractivity contribution in [2.24, 2.45) is 17.3 Å². The Morgan fingerprint density at radius 2 is 1.69 bits per heavy atom. The number of allylic oxidation sites excluding steroid dienone is 1. The number of rotatable bonds is 13. The summed E-state index contributed by atoms with van der Waals surface area (Å²) in [5.41, 5.74) is 1.32. The Morgan fingerprint density at radius 1 is 1.02 bits per heavy atom. The number of ether oxygens (including phenoxy) is 2. The summed E-state index contributed by atoms with van der Waals surface area (Å²) in [6.45, 7) is 5.63. The summed E-state index contributed by atoms with van der Waals surface area (Å²) in [5.74, 6) is -0.958. The largest absolute Gasteiger partial charge is 0.465 e. The average Bonchev–Trinajstić information content (AvgIpc) is 3.90. The van der Waals surface area contributed by atoms with E-state index in [1.54, 1.807) is 12.1 Å². The van der Waals surface area contributed by atoms with E-state index in [0.29, 0.717) is 61.4 Å². The monoisotopic (exact) mass is 575 g/mol. The van der Waals surface area contributed by atoms with Gasteiger partial charge in [-0.15, -0.1) is 0 Å². The van der Waals surface area contributed by atoms with E-state index >= 15 is 0 Å². The van der Waals surface area contributed by atoms with Crippen molar-refractivity contribution in [2.75, 3.05) is 26.8 Å². The highest BCUT2D eigenvalue weighted by molar-refractivity contribution is 5.94. The Bertz CT molecular complexity index is 1340. The molecule has 3 atom stereocenters. The molecule has 3 unspecified atom stereocenters. The number of benzene rings is 2. The lowest BCUT2D eigenvalue weighted by Gasteiger charge is -2.48. The summed E-state index contributed by atoms with van der Waals surface area (Å²) in [7, 11) is 2.01. The van der Waals surface area contributed by atoms with Gasteiger partial charge in [-0.1, -0.05) is 42.5 Å². The standard InChI is InChI=1S/C33H41N3O6/c1-22-29(31(37)41-20-25-12-13-25)30(27-10-7-11-28(18-27)36(39)40)33(23(2)34-22,32(38)42-21-26-14-15-26)16-17-35(3)19-24-8-5-4-6-9-24/h4-11,18,23,25-26,30,34H,12-17,19-21H2,1-3H3. The maximum absolute atomic E-state index is 14.4. The van der Waals surface area contributed by atoms with E-state index in [1.165, 1.54) is 12.1 Å². The highest BCUT2D eigenvalue weighted by Crippen LogP contribution is 2.52. The van der Waals surface area contributed by atoms with Crippen LogP contribution in [-0.4, -0.2) is 54.6 Å².